The van der Waals surface area contributed by atoms with Crippen LogP contribution in [0, 0.1) is 6.92 Å². The summed E-state index contributed by atoms with van der Waals surface area (Å²) in [7, 11) is 0. The molecular weight excluding hydrogens is 354 g/mol. The van der Waals surface area contributed by atoms with Crippen LogP contribution in [-0.2, 0) is 19.6 Å². The molecule has 0 unspecified atom stereocenters. The van der Waals surface area contributed by atoms with Crippen molar-refractivity contribution in [3.05, 3.63) is 113 Å². The molecule has 4 aromatic rings. The first kappa shape index (κ1) is 19.2. The highest BCUT2D eigenvalue weighted by atomic mass is 16.5. The molecule has 0 heterocycles. The van der Waals surface area contributed by atoms with E-state index in [2.05, 4.69) is 103 Å². The Kier molecular flexibility index (Phi) is 6.23. The van der Waals surface area contributed by atoms with Crippen LogP contribution in [0.4, 0.5) is 0 Å². The van der Waals surface area contributed by atoms with Gasteiger partial charge in [0.05, 0.1) is 0 Å². The minimum atomic E-state index is 0.580. The lowest BCUT2D eigenvalue weighted by Gasteiger charge is -2.15. The summed E-state index contributed by atoms with van der Waals surface area (Å²) in [6, 6.07) is 31.9. The van der Waals surface area contributed by atoms with Crippen molar-refractivity contribution in [2.24, 2.45) is 0 Å². The molecule has 0 spiro atoms. The highest BCUT2D eigenvalue weighted by molar-refractivity contribution is 5.87. The first-order chi connectivity index (χ1) is 14.3. The van der Waals surface area contributed by atoms with E-state index in [1.165, 1.54) is 33.0 Å². The second-order valence-electron chi connectivity index (χ2n) is 7.45. The van der Waals surface area contributed by atoms with Gasteiger partial charge in [0.15, 0.2) is 0 Å². The molecule has 2 nitrogen and oxygen atoms in total. The topological polar surface area (TPSA) is 21.3 Å². The number of ether oxygens (including phenoxy) is 1. The van der Waals surface area contributed by atoms with E-state index in [1.807, 2.05) is 0 Å². The minimum Gasteiger partial charge on any atom is -0.489 e. The molecule has 4 rings (SSSR count). The van der Waals surface area contributed by atoms with Gasteiger partial charge in [-0.05, 0) is 47.9 Å². The number of hydrogen-bond acceptors (Lipinski definition) is 2. The molecule has 0 bridgehead atoms. The molecule has 0 aliphatic heterocycles. The fourth-order valence-electron chi connectivity index (χ4n) is 3.69. The summed E-state index contributed by atoms with van der Waals surface area (Å²) in [5.74, 6) is 0.956. The van der Waals surface area contributed by atoms with Crippen molar-refractivity contribution in [1.29, 1.82) is 0 Å². The maximum atomic E-state index is 6.26. The Morgan fingerprint density at radius 3 is 2.41 bits per heavy atom. The van der Waals surface area contributed by atoms with Gasteiger partial charge in [0.1, 0.15) is 12.4 Å². The van der Waals surface area contributed by atoms with Crippen LogP contribution in [0.3, 0.4) is 0 Å². The van der Waals surface area contributed by atoms with Crippen LogP contribution >= 0.6 is 0 Å². The fourth-order valence-corrected chi connectivity index (χ4v) is 3.69. The Labute approximate surface area is 173 Å². The average molecular weight is 382 g/mol. The van der Waals surface area contributed by atoms with E-state index in [0.717, 1.165) is 25.3 Å². The molecule has 0 aliphatic rings. The standard InChI is InChI=1S/C27H27NO/c1-21-8-7-11-23(18-21)20-29-27-15-14-24-12-5-6-13-25(24)26(27)19-28-17-16-22-9-3-2-4-10-22/h2-15,18,28H,16-17,19-20H2,1H3. The molecule has 29 heavy (non-hydrogen) atoms. The number of benzene rings is 4. The summed E-state index contributed by atoms with van der Waals surface area (Å²) in [6.45, 7) is 4.42. The number of rotatable bonds is 8. The van der Waals surface area contributed by atoms with E-state index in [0.29, 0.717) is 6.61 Å². The minimum absolute atomic E-state index is 0.580. The monoisotopic (exact) mass is 381 g/mol. The molecule has 0 amide bonds. The van der Waals surface area contributed by atoms with Gasteiger partial charge in [-0.15, -0.1) is 0 Å². The van der Waals surface area contributed by atoms with Gasteiger partial charge in [0.2, 0.25) is 0 Å². The molecule has 146 valence electrons. The van der Waals surface area contributed by atoms with E-state index in [-0.39, 0.29) is 0 Å². The van der Waals surface area contributed by atoms with Gasteiger partial charge in [-0.2, -0.15) is 0 Å². The van der Waals surface area contributed by atoms with E-state index in [4.69, 9.17) is 4.74 Å². The Hall–Kier alpha value is -3.10. The molecule has 0 fully saturated rings. The smallest absolute Gasteiger partial charge is 0.124 e. The lowest BCUT2D eigenvalue weighted by atomic mass is 10.0. The molecule has 0 radical (unpaired) electrons. The second kappa shape index (κ2) is 9.40. The van der Waals surface area contributed by atoms with Crippen molar-refractivity contribution in [3.8, 4) is 5.75 Å². The van der Waals surface area contributed by atoms with Crippen LogP contribution in [0.5, 0.6) is 5.75 Å². The van der Waals surface area contributed by atoms with Crippen LogP contribution in [0.2, 0.25) is 0 Å². The summed E-state index contributed by atoms with van der Waals surface area (Å²) >= 11 is 0. The van der Waals surface area contributed by atoms with Gasteiger partial charge in [0, 0.05) is 12.1 Å². The van der Waals surface area contributed by atoms with Crippen molar-refractivity contribution < 1.29 is 4.74 Å². The highest BCUT2D eigenvalue weighted by Gasteiger charge is 2.09. The summed E-state index contributed by atoms with van der Waals surface area (Å²) < 4.78 is 6.26. The molecule has 0 aromatic heterocycles. The maximum Gasteiger partial charge on any atom is 0.124 e. The van der Waals surface area contributed by atoms with Gasteiger partial charge >= 0.3 is 0 Å². The number of aryl methyl sites for hydroxylation is 1. The zero-order valence-corrected chi connectivity index (χ0v) is 16.9. The molecule has 4 aromatic carbocycles. The average Bonchev–Trinajstić information content (AvgIpc) is 2.76. The van der Waals surface area contributed by atoms with Gasteiger partial charge in [-0.3, -0.25) is 0 Å². The number of hydrogen-bond donors (Lipinski definition) is 1. The summed E-state index contributed by atoms with van der Waals surface area (Å²) in [5, 5.41) is 6.11. The number of nitrogens with one attached hydrogen (secondary N) is 1. The van der Waals surface area contributed by atoms with Gasteiger partial charge < -0.3 is 10.1 Å². The molecule has 2 heteroatoms. The Morgan fingerprint density at radius 1 is 0.759 bits per heavy atom. The van der Waals surface area contributed by atoms with Crippen LogP contribution in [0.1, 0.15) is 22.3 Å². The lowest BCUT2D eigenvalue weighted by molar-refractivity contribution is 0.302. The predicted octanol–water partition coefficient (Wildman–Crippen LogP) is 6.06. The third-order valence-corrected chi connectivity index (χ3v) is 5.21. The SMILES string of the molecule is Cc1cccc(COc2ccc3ccccc3c2CNCCc2ccccc2)c1. The third-order valence-electron chi connectivity index (χ3n) is 5.21. The summed E-state index contributed by atoms with van der Waals surface area (Å²) in [6.07, 6.45) is 1.02. The zero-order chi connectivity index (χ0) is 19.9. The Bertz CT molecular complexity index is 1070. The van der Waals surface area contributed by atoms with Gasteiger partial charge in [-0.25, -0.2) is 0 Å². The molecule has 0 saturated heterocycles. The second-order valence-corrected chi connectivity index (χ2v) is 7.45. The Morgan fingerprint density at radius 2 is 1.55 bits per heavy atom. The first-order valence-electron chi connectivity index (χ1n) is 10.2. The first-order valence-corrected chi connectivity index (χ1v) is 10.2. The van der Waals surface area contributed by atoms with Crippen LogP contribution in [-0.4, -0.2) is 6.54 Å². The van der Waals surface area contributed by atoms with E-state index >= 15 is 0 Å². The molecule has 0 aliphatic carbocycles. The molecule has 0 atom stereocenters. The maximum absolute atomic E-state index is 6.26. The van der Waals surface area contributed by atoms with Crippen LogP contribution in [0.25, 0.3) is 10.8 Å². The van der Waals surface area contributed by atoms with Crippen molar-refractivity contribution in [2.75, 3.05) is 6.54 Å². The zero-order valence-electron chi connectivity index (χ0n) is 16.9. The predicted molar refractivity (Wildman–Crippen MR) is 121 cm³/mol. The third kappa shape index (κ3) is 5.04. The Balaban J connectivity index is 1.49. The van der Waals surface area contributed by atoms with Crippen LogP contribution in [0.15, 0.2) is 91.0 Å². The highest BCUT2D eigenvalue weighted by Crippen LogP contribution is 2.29. The van der Waals surface area contributed by atoms with E-state index in [9.17, 15) is 0 Å². The van der Waals surface area contributed by atoms with E-state index < -0.39 is 0 Å². The normalized spacial score (nSPS) is 10.9. The van der Waals surface area contributed by atoms with Crippen molar-refractivity contribution in [1.82, 2.24) is 5.32 Å². The lowest BCUT2D eigenvalue weighted by Crippen LogP contribution is -2.17. The van der Waals surface area contributed by atoms with Crippen LogP contribution < -0.4 is 10.1 Å². The molecule has 0 saturated carbocycles. The molecular formula is C27H27NO. The molecule has 1 N–H and O–H groups in total. The van der Waals surface area contributed by atoms with Crippen molar-refractivity contribution >= 4 is 10.8 Å². The summed E-state index contributed by atoms with van der Waals surface area (Å²) in [5.41, 5.74) is 5.03. The summed E-state index contributed by atoms with van der Waals surface area (Å²) in [4.78, 5) is 0. The van der Waals surface area contributed by atoms with E-state index in [1.54, 1.807) is 0 Å². The van der Waals surface area contributed by atoms with Gasteiger partial charge in [0.25, 0.3) is 0 Å². The quantitative estimate of drug-likeness (QED) is 0.375. The fraction of sp³-hybridized carbons (Fsp3) is 0.185. The van der Waals surface area contributed by atoms with Crippen molar-refractivity contribution in [3.63, 3.8) is 0 Å². The largest absolute Gasteiger partial charge is 0.489 e. The van der Waals surface area contributed by atoms with Crippen molar-refractivity contribution in [2.45, 2.75) is 26.5 Å². The van der Waals surface area contributed by atoms with Gasteiger partial charge in [-0.1, -0.05) is 90.5 Å². The number of fused-ring (bicyclic) bond motifs is 1.